The van der Waals surface area contributed by atoms with Crippen LogP contribution in [0, 0.1) is 5.41 Å². The van der Waals surface area contributed by atoms with Gasteiger partial charge < -0.3 is 10.5 Å². The van der Waals surface area contributed by atoms with Crippen molar-refractivity contribution in [1.29, 1.82) is 0 Å². The molecule has 0 saturated carbocycles. The zero-order valence-corrected chi connectivity index (χ0v) is 14.9. The summed E-state index contributed by atoms with van der Waals surface area (Å²) >= 11 is 0. The first kappa shape index (κ1) is 17.7. The summed E-state index contributed by atoms with van der Waals surface area (Å²) in [6.07, 6.45) is -1.27. The van der Waals surface area contributed by atoms with E-state index in [1.165, 1.54) is 0 Å². The van der Waals surface area contributed by atoms with Crippen LogP contribution in [0.25, 0.3) is 22.0 Å². The second-order valence-electron chi connectivity index (χ2n) is 7.25. The smallest absolute Gasteiger partial charge is 0.405 e. The molecule has 3 aromatic rings. The first-order valence-electron chi connectivity index (χ1n) is 8.31. The highest BCUT2D eigenvalue weighted by atomic mass is 16.6. The van der Waals surface area contributed by atoms with Crippen LogP contribution in [0.15, 0.2) is 53.3 Å². The van der Waals surface area contributed by atoms with E-state index in [1.807, 2.05) is 63.2 Å². The number of hydrogen-bond donors (Lipinski definition) is 2. The van der Waals surface area contributed by atoms with E-state index in [-0.39, 0.29) is 11.0 Å². The molecule has 6 heteroatoms. The Hall–Kier alpha value is -3.15. The second-order valence-corrected chi connectivity index (χ2v) is 7.25. The van der Waals surface area contributed by atoms with Gasteiger partial charge >= 0.3 is 6.09 Å². The van der Waals surface area contributed by atoms with Crippen LogP contribution in [0.1, 0.15) is 32.4 Å². The highest BCUT2D eigenvalue weighted by molar-refractivity contribution is 5.93. The molecule has 0 bridgehead atoms. The highest BCUT2D eigenvalue weighted by Crippen LogP contribution is 2.37. The number of rotatable bonds is 3. The van der Waals surface area contributed by atoms with Crippen molar-refractivity contribution >= 4 is 16.9 Å². The van der Waals surface area contributed by atoms with E-state index in [0.717, 1.165) is 16.5 Å². The third-order valence-electron chi connectivity index (χ3n) is 4.20. The summed E-state index contributed by atoms with van der Waals surface area (Å²) in [6, 6.07) is 14.9. The number of primary amides is 1. The van der Waals surface area contributed by atoms with Crippen molar-refractivity contribution in [3.8, 4) is 11.3 Å². The predicted molar refractivity (Wildman–Crippen MR) is 101 cm³/mol. The van der Waals surface area contributed by atoms with Gasteiger partial charge in [0.15, 0.2) is 0 Å². The maximum atomic E-state index is 11.9. The topological polar surface area (TPSA) is 98.1 Å². The summed E-state index contributed by atoms with van der Waals surface area (Å²) in [5, 5.41) is 8.11. The minimum Gasteiger partial charge on any atom is -0.441 e. The molecule has 0 aliphatic heterocycles. The van der Waals surface area contributed by atoms with Gasteiger partial charge in [-0.2, -0.15) is 5.10 Å². The fraction of sp³-hybridized carbons (Fsp3) is 0.250. The molecule has 1 aromatic heterocycles. The minimum absolute atomic E-state index is 0.219. The summed E-state index contributed by atoms with van der Waals surface area (Å²) in [5.41, 5.74) is 7.08. The van der Waals surface area contributed by atoms with Gasteiger partial charge in [0.25, 0.3) is 5.56 Å². The largest absolute Gasteiger partial charge is 0.441 e. The zero-order valence-electron chi connectivity index (χ0n) is 14.9. The quantitative estimate of drug-likeness (QED) is 0.750. The Labute approximate surface area is 151 Å². The highest BCUT2D eigenvalue weighted by Gasteiger charge is 2.29. The van der Waals surface area contributed by atoms with Crippen molar-refractivity contribution in [3.63, 3.8) is 0 Å². The summed E-state index contributed by atoms with van der Waals surface area (Å²) in [6.45, 7) is 5.93. The number of hydrogen-bond acceptors (Lipinski definition) is 4. The molecule has 0 spiro atoms. The zero-order chi connectivity index (χ0) is 18.9. The van der Waals surface area contributed by atoms with Gasteiger partial charge in [-0.1, -0.05) is 63.2 Å². The third kappa shape index (κ3) is 3.44. The number of carbonyl (C=O) groups excluding carboxylic acids is 1. The van der Waals surface area contributed by atoms with Crippen molar-refractivity contribution in [2.45, 2.75) is 26.9 Å². The number of fused-ring (bicyclic) bond motifs is 1. The fourth-order valence-corrected chi connectivity index (χ4v) is 3.01. The number of nitrogens with two attached hydrogens (primary N) is 1. The molecular formula is C20H21N3O3. The molecule has 26 heavy (non-hydrogen) atoms. The average molecular weight is 351 g/mol. The molecular weight excluding hydrogens is 330 g/mol. The Kier molecular flexibility index (Phi) is 4.50. The van der Waals surface area contributed by atoms with Crippen LogP contribution in [0.4, 0.5) is 4.79 Å². The molecule has 1 heterocycles. The van der Waals surface area contributed by atoms with E-state index in [1.54, 1.807) is 6.07 Å². The summed E-state index contributed by atoms with van der Waals surface area (Å²) in [4.78, 5) is 23.2. The van der Waals surface area contributed by atoms with E-state index in [4.69, 9.17) is 10.5 Å². The molecule has 1 amide bonds. The lowest BCUT2D eigenvalue weighted by Gasteiger charge is -2.30. The van der Waals surface area contributed by atoms with Crippen LogP contribution in [-0.2, 0) is 4.74 Å². The van der Waals surface area contributed by atoms with E-state index in [2.05, 4.69) is 10.2 Å². The molecule has 1 atom stereocenters. The molecule has 3 N–H and O–H groups in total. The average Bonchev–Trinajstić information content (AvgIpc) is 2.60. The van der Waals surface area contributed by atoms with Crippen LogP contribution >= 0.6 is 0 Å². The number of benzene rings is 2. The summed E-state index contributed by atoms with van der Waals surface area (Å²) < 4.78 is 5.31. The number of nitrogens with one attached hydrogen (secondary N) is 1. The maximum Gasteiger partial charge on any atom is 0.405 e. The van der Waals surface area contributed by atoms with Crippen LogP contribution in [-0.4, -0.2) is 16.3 Å². The van der Waals surface area contributed by atoms with Crippen molar-refractivity contribution in [2.75, 3.05) is 0 Å². The van der Waals surface area contributed by atoms with Crippen molar-refractivity contribution < 1.29 is 9.53 Å². The molecule has 0 aliphatic rings. The molecule has 0 saturated heterocycles. The molecule has 2 aromatic carbocycles. The number of nitrogens with zero attached hydrogens (tertiary/aromatic N) is 1. The molecule has 0 fully saturated rings. The Morgan fingerprint density at radius 3 is 2.27 bits per heavy atom. The van der Waals surface area contributed by atoms with E-state index >= 15 is 0 Å². The first-order chi connectivity index (χ1) is 12.3. The summed E-state index contributed by atoms with van der Waals surface area (Å²) in [7, 11) is 0. The van der Waals surface area contributed by atoms with Crippen molar-refractivity contribution in [1.82, 2.24) is 10.2 Å². The second kappa shape index (κ2) is 6.63. The standard InChI is InChI=1S/C20H21N3O3/c1-20(2,3)17(26-19(21)25)13-10-8-12(9-11-13)16-14-6-4-5-7-15(14)18(24)23-22-16/h4-11,17H,1-3H3,(H2,21,25)(H,23,24). The Morgan fingerprint density at radius 1 is 1.08 bits per heavy atom. The van der Waals surface area contributed by atoms with Crippen LogP contribution in [0.3, 0.4) is 0 Å². The monoisotopic (exact) mass is 351 g/mol. The van der Waals surface area contributed by atoms with Crippen LogP contribution < -0.4 is 11.3 Å². The van der Waals surface area contributed by atoms with Gasteiger partial charge in [-0.3, -0.25) is 4.79 Å². The Bertz CT molecular complexity index is 1000. The number of H-pyrrole nitrogens is 1. The lowest BCUT2D eigenvalue weighted by molar-refractivity contribution is 0.0360. The predicted octanol–water partition coefficient (Wildman–Crippen LogP) is 3.77. The van der Waals surface area contributed by atoms with E-state index < -0.39 is 12.2 Å². The van der Waals surface area contributed by atoms with E-state index in [0.29, 0.717) is 11.1 Å². The fourth-order valence-electron chi connectivity index (χ4n) is 3.01. The normalized spacial score (nSPS) is 12.7. The lowest BCUT2D eigenvalue weighted by atomic mass is 9.84. The number of aromatic nitrogens is 2. The van der Waals surface area contributed by atoms with Gasteiger partial charge in [-0.05, 0) is 11.6 Å². The third-order valence-corrected chi connectivity index (χ3v) is 4.20. The molecule has 3 rings (SSSR count). The van der Waals surface area contributed by atoms with Gasteiger partial charge in [-0.25, -0.2) is 9.89 Å². The number of aromatic amines is 1. The van der Waals surface area contributed by atoms with Crippen LogP contribution in [0.2, 0.25) is 0 Å². The van der Waals surface area contributed by atoms with Crippen molar-refractivity contribution in [3.05, 3.63) is 64.4 Å². The number of ether oxygens (including phenoxy) is 1. The molecule has 0 radical (unpaired) electrons. The minimum atomic E-state index is -0.803. The maximum absolute atomic E-state index is 11.9. The SMILES string of the molecule is CC(C)(C)C(OC(N)=O)c1ccc(-c2n[nH]c(=O)c3ccccc23)cc1. The van der Waals surface area contributed by atoms with Gasteiger partial charge in [-0.15, -0.1) is 0 Å². The summed E-state index contributed by atoms with van der Waals surface area (Å²) in [5.74, 6) is 0. The van der Waals surface area contributed by atoms with Crippen LogP contribution in [0.5, 0.6) is 0 Å². The molecule has 1 unspecified atom stereocenters. The molecule has 134 valence electrons. The van der Waals surface area contributed by atoms with E-state index in [9.17, 15) is 9.59 Å². The Balaban J connectivity index is 2.04. The number of amides is 1. The number of carbonyl (C=O) groups is 1. The lowest BCUT2D eigenvalue weighted by Crippen LogP contribution is -2.26. The van der Waals surface area contributed by atoms with Gasteiger partial charge in [0, 0.05) is 16.4 Å². The molecule has 6 nitrogen and oxygen atoms in total. The van der Waals surface area contributed by atoms with Gasteiger partial charge in [0.2, 0.25) is 0 Å². The molecule has 0 aliphatic carbocycles. The van der Waals surface area contributed by atoms with Gasteiger partial charge in [0.05, 0.1) is 11.1 Å². The first-order valence-corrected chi connectivity index (χ1v) is 8.31. The van der Waals surface area contributed by atoms with Gasteiger partial charge in [0.1, 0.15) is 6.10 Å². The Morgan fingerprint density at radius 2 is 1.69 bits per heavy atom. The van der Waals surface area contributed by atoms with Crippen molar-refractivity contribution in [2.24, 2.45) is 11.1 Å².